The summed E-state index contributed by atoms with van der Waals surface area (Å²) in [4.78, 5) is 25.4. The lowest BCUT2D eigenvalue weighted by Crippen LogP contribution is -2.22. The van der Waals surface area contributed by atoms with Gasteiger partial charge >= 0.3 is 5.97 Å². The Morgan fingerprint density at radius 1 is 1.28 bits per heavy atom. The van der Waals surface area contributed by atoms with Crippen LogP contribution in [0.1, 0.15) is 63.9 Å². The molecule has 2 heterocycles. The van der Waals surface area contributed by atoms with Crippen LogP contribution in [-0.2, 0) is 24.1 Å². The van der Waals surface area contributed by atoms with Crippen molar-refractivity contribution in [2.45, 2.75) is 52.0 Å². The molecule has 0 spiro atoms. The number of amides is 1. The number of carbonyl (C=O) groups is 2. The third kappa shape index (κ3) is 4.76. The van der Waals surface area contributed by atoms with Crippen LogP contribution in [0.5, 0.6) is 0 Å². The molecule has 3 rings (SSSR count). The molecular weight excluding hydrogens is 410 g/mol. The molecule has 0 unspecified atom stereocenters. The van der Waals surface area contributed by atoms with Crippen LogP contribution >= 0.6 is 23.6 Å². The molecule has 10 heteroatoms. The van der Waals surface area contributed by atoms with Crippen molar-refractivity contribution in [1.29, 1.82) is 0 Å². The number of anilines is 2. The number of thiophene rings is 1. The number of rotatable bonds is 5. The normalized spacial score (nSPS) is 13.7. The highest BCUT2D eigenvalue weighted by Crippen LogP contribution is 2.37. The highest BCUT2D eigenvalue weighted by atomic mass is 32.1. The van der Waals surface area contributed by atoms with E-state index in [-0.39, 0.29) is 16.8 Å². The van der Waals surface area contributed by atoms with Gasteiger partial charge in [0.05, 0.1) is 18.4 Å². The van der Waals surface area contributed by atoms with Gasteiger partial charge in [-0.15, -0.1) is 11.3 Å². The average Bonchev–Trinajstić information content (AvgIpc) is 3.22. The molecule has 0 saturated heterocycles. The molecule has 156 valence electrons. The molecule has 1 amide bonds. The van der Waals surface area contributed by atoms with E-state index < -0.39 is 5.91 Å². The van der Waals surface area contributed by atoms with Gasteiger partial charge in [-0.2, -0.15) is 5.10 Å². The first kappa shape index (κ1) is 21.3. The Balaban J connectivity index is 1.87. The largest absolute Gasteiger partial charge is 0.465 e. The second kappa shape index (κ2) is 9.36. The number of hydrogen-bond acceptors (Lipinski definition) is 6. The Kier molecular flexibility index (Phi) is 6.86. The maximum absolute atomic E-state index is 12.5. The lowest BCUT2D eigenvalue weighted by molar-refractivity contribution is 0.0601. The van der Waals surface area contributed by atoms with Crippen LogP contribution in [-0.4, -0.2) is 33.9 Å². The molecule has 1 aliphatic carbocycles. The van der Waals surface area contributed by atoms with Gasteiger partial charge in [-0.25, -0.2) is 4.79 Å². The van der Waals surface area contributed by atoms with Gasteiger partial charge in [0.2, 0.25) is 0 Å². The van der Waals surface area contributed by atoms with Gasteiger partial charge in [0.25, 0.3) is 5.91 Å². The number of nitrogens with two attached hydrogens (primary N) is 1. The molecule has 0 aromatic carbocycles. The molecule has 1 aliphatic rings. The van der Waals surface area contributed by atoms with E-state index in [9.17, 15) is 9.59 Å². The summed E-state index contributed by atoms with van der Waals surface area (Å²) in [5.41, 5.74) is 7.56. The number of primary amides is 1. The molecule has 0 fully saturated rings. The fourth-order valence-corrected chi connectivity index (χ4v) is 5.00. The van der Waals surface area contributed by atoms with Crippen LogP contribution < -0.4 is 16.4 Å². The van der Waals surface area contributed by atoms with E-state index in [1.54, 1.807) is 10.9 Å². The van der Waals surface area contributed by atoms with Gasteiger partial charge in [0.1, 0.15) is 5.00 Å². The Labute approximate surface area is 178 Å². The molecule has 0 bridgehead atoms. The van der Waals surface area contributed by atoms with Crippen molar-refractivity contribution in [3.63, 3.8) is 0 Å². The summed E-state index contributed by atoms with van der Waals surface area (Å²) in [7, 11) is 1.38. The molecule has 0 saturated carbocycles. The first-order chi connectivity index (χ1) is 13.9. The summed E-state index contributed by atoms with van der Waals surface area (Å²) in [6.45, 7) is 2.49. The van der Waals surface area contributed by atoms with Crippen molar-refractivity contribution in [1.82, 2.24) is 9.78 Å². The van der Waals surface area contributed by atoms with E-state index in [2.05, 4.69) is 15.7 Å². The number of thiocarbonyl (C=S) groups is 1. The zero-order chi connectivity index (χ0) is 21.0. The highest BCUT2D eigenvalue weighted by Gasteiger charge is 2.25. The number of aromatic nitrogens is 2. The molecule has 0 atom stereocenters. The predicted octanol–water partition coefficient (Wildman–Crippen LogP) is 3.32. The van der Waals surface area contributed by atoms with E-state index in [0.717, 1.165) is 37.7 Å². The molecule has 2 aromatic heterocycles. The Morgan fingerprint density at radius 3 is 2.66 bits per heavy atom. The van der Waals surface area contributed by atoms with Crippen LogP contribution in [0.25, 0.3) is 0 Å². The number of nitrogens with zero attached hydrogens (tertiary/aromatic N) is 2. The number of nitrogens with one attached hydrogen (secondary N) is 2. The molecule has 0 aliphatic heterocycles. The molecule has 8 nitrogen and oxygen atoms in total. The van der Waals surface area contributed by atoms with E-state index in [4.69, 9.17) is 22.7 Å². The van der Waals surface area contributed by atoms with Crippen molar-refractivity contribution in [3.05, 3.63) is 27.9 Å². The van der Waals surface area contributed by atoms with E-state index in [1.807, 2.05) is 6.92 Å². The van der Waals surface area contributed by atoms with Crippen LogP contribution in [0.2, 0.25) is 0 Å². The third-order valence-electron chi connectivity index (χ3n) is 4.86. The second-order valence-corrected chi connectivity index (χ2v) is 8.32. The van der Waals surface area contributed by atoms with E-state index in [1.165, 1.54) is 29.7 Å². The fraction of sp³-hybridized carbons (Fsp3) is 0.474. The molecule has 4 N–H and O–H groups in total. The first-order valence-electron chi connectivity index (χ1n) is 9.62. The van der Waals surface area contributed by atoms with Crippen molar-refractivity contribution >= 4 is 51.2 Å². The quantitative estimate of drug-likeness (QED) is 0.488. The van der Waals surface area contributed by atoms with Gasteiger partial charge in [0, 0.05) is 17.6 Å². The van der Waals surface area contributed by atoms with Gasteiger partial charge in [-0.05, 0) is 50.4 Å². The van der Waals surface area contributed by atoms with Gasteiger partial charge in [-0.1, -0.05) is 12.8 Å². The lowest BCUT2D eigenvalue weighted by Gasteiger charge is -2.12. The standard InChI is InChI=1S/C19H25N5O3S2/c1-3-24-10-12(15(23-24)16(20)25)21-19(28)22-17-14(18(26)27-2)11-8-6-4-5-7-9-13(11)29-17/h10H,3-9H2,1-2H3,(H2,20,25)(H2,21,22,28). The number of hydrogen-bond donors (Lipinski definition) is 3. The Morgan fingerprint density at radius 2 is 2.00 bits per heavy atom. The predicted molar refractivity (Wildman–Crippen MR) is 118 cm³/mol. The summed E-state index contributed by atoms with van der Waals surface area (Å²) < 4.78 is 6.63. The topological polar surface area (TPSA) is 111 Å². The SMILES string of the molecule is CCn1cc(NC(=S)Nc2sc3c(c2C(=O)OC)CCCCCC3)c(C(N)=O)n1. The van der Waals surface area contributed by atoms with Crippen LogP contribution in [0.4, 0.5) is 10.7 Å². The van der Waals surface area contributed by atoms with Crippen molar-refractivity contribution in [3.8, 4) is 0 Å². The van der Waals surface area contributed by atoms with Crippen LogP contribution in [0.3, 0.4) is 0 Å². The zero-order valence-electron chi connectivity index (χ0n) is 16.5. The Bertz CT molecular complexity index is 935. The average molecular weight is 436 g/mol. The number of fused-ring (bicyclic) bond motifs is 1. The minimum absolute atomic E-state index is 0.114. The maximum Gasteiger partial charge on any atom is 0.341 e. The maximum atomic E-state index is 12.5. The van der Waals surface area contributed by atoms with Crippen LogP contribution in [0.15, 0.2) is 6.20 Å². The second-order valence-electron chi connectivity index (χ2n) is 6.80. The van der Waals surface area contributed by atoms with Crippen molar-refractivity contribution in [2.75, 3.05) is 17.7 Å². The summed E-state index contributed by atoms with van der Waals surface area (Å²) in [5, 5.41) is 11.1. The molecule has 0 radical (unpaired) electrons. The molecular formula is C19H25N5O3S2. The number of esters is 1. The van der Waals surface area contributed by atoms with E-state index in [0.29, 0.717) is 22.8 Å². The Hall–Kier alpha value is -2.46. The third-order valence-corrected chi connectivity index (χ3v) is 6.27. The van der Waals surface area contributed by atoms with Gasteiger partial charge in [0.15, 0.2) is 10.8 Å². The number of ether oxygens (including phenoxy) is 1. The monoisotopic (exact) mass is 435 g/mol. The van der Waals surface area contributed by atoms with E-state index >= 15 is 0 Å². The highest BCUT2D eigenvalue weighted by molar-refractivity contribution is 7.80. The molecule has 29 heavy (non-hydrogen) atoms. The van der Waals surface area contributed by atoms with Crippen molar-refractivity contribution < 1.29 is 14.3 Å². The van der Waals surface area contributed by atoms with Crippen molar-refractivity contribution in [2.24, 2.45) is 5.73 Å². The summed E-state index contributed by atoms with van der Waals surface area (Å²) in [5.74, 6) is -1.01. The van der Waals surface area contributed by atoms with Gasteiger partial charge < -0.3 is 21.1 Å². The van der Waals surface area contributed by atoms with Gasteiger partial charge in [-0.3, -0.25) is 9.48 Å². The number of aryl methyl sites for hydroxylation is 2. The first-order valence-corrected chi connectivity index (χ1v) is 10.8. The summed E-state index contributed by atoms with van der Waals surface area (Å²) in [6, 6.07) is 0. The molecule has 2 aromatic rings. The number of methoxy groups -OCH3 is 1. The summed E-state index contributed by atoms with van der Waals surface area (Å²) in [6.07, 6.45) is 7.99. The lowest BCUT2D eigenvalue weighted by atomic mass is 9.96. The van der Waals surface area contributed by atoms with Crippen LogP contribution in [0, 0.1) is 0 Å². The minimum atomic E-state index is -0.642. The summed E-state index contributed by atoms with van der Waals surface area (Å²) >= 11 is 6.96. The number of carbonyl (C=O) groups excluding carboxylic acids is 2. The smallest absolute Gasteiger partial charge is 0.341 e. The zero-order valence-corrected chi connectivity index (χ0v) is 18.2. The minimum Gasteiger partial charge on any atom is -0.465 e. The fourth-order valence-electron chi connectivity index (χ4n) is 3.44.